The Morgan fingerprint density at radius 2 is 1.73 bits per heavy atom. The van der Waals surface area contributed by atoms with Gasteiger partial charge in [-0.2, -0.15) is 0 Å². The van der Waals surface area contributed by atoms with E-state index in [-0.39, 0.29) is 4.03 Å². The lowest BCUT2D eigenvalue weighted by Crippen LogP contribution is -1.79. The molecule has 2 rings (SSSR count). The molecule has 0 aromatic carbocycles. The Balaban J connectivity index is 0.000000245. The standard InChI is InChI=1S/C8H5BrN2.Br3P/c9-7-1-4-11-8-2-3-10-5-6(7)8;1-4(2)3/h1-5H;. The highest BCUT2D eigenvalue weighted by atomic mass is 80.0. The van der Waals surface area contributed by atoms with Crippen LogP contribution in [0.2, 0.25) is 0 Å². The largest absolute Gasteiger partial charge is 0.264 e. The van der Waals surface area contributed by atoms with Gasteiger partial charge in [0.05, 0.1) is 5.52 Å². The topological polar surface area (TPSA) is 25.8 Å². The summed E-state index contributed by atoms with van der Waals surface area (Å²) < 4.78 is 0.855. The second kappa shape index (κ2) is 7.28. The van der Waals surface area contributed by atoms with Gasteiger partial charge in [0.25, 0.3) is 0 Å². The molecule has 15 heavy (non-hydrogen) atoms. The van der Waals surface area contributed by atoms with Crippen molar-refractivity contribution in [3.63, 3.8) is 0 Å². The van der Waals surface area contributed by atoms with Crippen molar-refractivity contribution >= 4 is 77.3 Å². The second-order valence-electron chi connectivity index (χ2n) is 2.38. The third-order valence-corrected chi connectivity index (χ3v) is 2.18. The maximum atomic E-state index is 4.17. The van der Waals surface area contributed by atoms with Crippen LogP contribution < -0.4 is 0 Å². The van der Waals surface area contributed by atoms with Crippen molar-refractivity contribution in [3.05, 3.63) is 35.2 Å². The van der Waals surface area contributed by atoms with Crippen LogP contribution in [0.1, 0.15) is 0 Å². The monoisotopic (exact) mass is 476 g/mol. The Morgan fingerprint density at radius 1 is 1.07 bits per heavy atom. The average Bonchev–Trinajstić information content (AvgIpc) is 2.18. The Kier molecular flexibility index (Phi) is 6.78. The Bertz CT molecular complexity index is 430. The molecule has 0 spiro atoms. The minimum atomic E-state index is -0.183. The van der Waals surface area contributed by atoms with Crippen molar-refractivity contribution in [2.75, 3.05) is 0 Å². The van der Waals surface area contributed by atoms with E-state index >= 15 is 0 Å². The van der Waals surface area contributed by atoms with E-state index in [0.717, 1.165) is 15.4 Å². The molecule has 0 amide bonds. The van der Waals surface area contributed by atoms with E-state index in [1.165, 1.54) is 0 Å². The molecule has 0 aliphatic rings. The van der Waals surface area contributed by atoms with Gasteiger partial charge < -0.3 is 0 Å². The molecule has 0 fully saturated rings. The number of aromatic nitrogens is 2. The van der Waals surface area contributed by atoms with Gasteiger partial charge in [0, 0.05) is 28.4 Å². The van der Waals surface area contributed by atoms with Crippen molar-refractivity contribution in [3.8, 4) is 0 Å². The van der Waals surface area contributed by atoms with Gasteiger partial charge in [-0.15, -0.1) is 0 Å². The zero-order valence-electron chi connectivity index (χ0n) is 7.24. The molecule has 0 unspecified atom stereocenters. The van der Waals surface area contributed by atoms with Gasteiger partial charge in [-0.05, 0) is 74.5 Å². The fourth-order valence-electron chi connectivity index (χ4n) is 0.956. The van der Waals surface area contributed by atoms with Crippen molar-refractivity contribution in [1.29, 1.82) is 0 Å². The number of rotatable bonds is 0. The van der Waals surface area contributed by atoms with Crippen LogP contribution >= 0.6 is 66.4 Å². The minimum Gasteiger partial charge on any atom is -0.264 e. The van der Waals surface area contributed by atoms with Crippen LogP contribution in [0.15, 0.2) is 35.2 Å². The lowest BCUT2D eigenvalue weighted by molar-refractivity contribution is 1.32. The number of hydrogen-bond acceptors (Lipinski definition) is 2. The number of pyridine rings is 2. The maximum Gasteiger partial charge on any atom is 0.103 e. The average molecular weight is 480 g/mol. The Hall–Kier alpha value is 0.910. The highest BCUT2D eigenvalue weighted by Crippen LogP contribution is 2.59. The summed E-state index contributed by atoms with van der Waals surface area (Å²) in [6.45, 7) is 0. The highest BCUT2D eigenvalue weighted by Gasteiger charge is 1.95. The predicted molar refractivity (Wildman–Crippen MR) is 80.9 cm³/mol. The summed E-state index contributed by atoms with van der Waals surface area (Å²) >= 11 is 12.9. The highest BCUT2D eigenvalue weighted by molar-refractivity contribution is 9.93. The third-order valence-electron chi connectivity index (χ3n) is 1.49. The summed E-state index contributed by atoms with van der Waals surface area (Å²) in [7, 11) is 0. The number of halogens is 4. The minimum absolute atomic E-state index is 0.183. The quantitative estimate of drug-likeness (QED) is 0.447. The molecule has 2 nitrogen and oxygen atoms in total. The van der Waals surface area contributed by atoms with Gasteiger partial charge in [-0.1, -0.05) is 0 Å². The molecule has 7 heteroatoms. The summed E-state index contributed by atoms with van der Waals surface area (Å²) in [5.74, 6) is 0. The fourth-order valence-corrected chi connectivity index (χ4v) is 1.38. The summed E-state index contributed by atoms with van der Waals surface area (Å²) in [5, 5.41) is 1.05. The van der Waals surface area contributed by atoms with Crippen LogP contribution in [0, 0.1) is 0 Å². The van der Waals surface area contributed by atoms with Crippen LogP contribution in [-0.4, -0.2) is 9.97 Å². The first-order valence-corrected chi connectivity index (χ1v) is 11.9. The summed E-state index contributed by atoms with van der Waals surface area (Å²) in [6.07, 6.45) is 5.31. The first-order valence-electron chi connectivity index (χ1n) is 3.73. The van der Waals surface area contributed by atoms with Crippen molar-refractivity contribution in [2.45, 2.75) is 0 Å². The summed E-state index contributed by atoms with van der Waals surface area (Å²) in [5.41, 5.74) is 0.967. The lowest BCUT2D eigenvalue weighted by Gasteiger charge is -1.95. The second-order valence-corrected chi connectivity index (χ2v) is 18.6. The smallest absolute Gasteiger partial charge is 0.103 e. The first-order chi connectivity index (χ1) is 7.11. The molecule has 0 N–H and O–H groups in total. The van der Waals surface area contributed by atoms with Gasteiger partial charge in [0.2, 0.25) is 0 Å². The zero-order valence-corrected chi connectivity index (χ0v) is 14.5. The van der Waals surface area contributed by atoms with Crippen LogP contribution in [0.3, 0.4) is 0 Å². The van der Waals surface area contributed by atoms with E-state index in [9.17, 15) is 0 Å². The van der Waals surface area contributed by atoms with Crippen molar-refractivity contribution < 1.29 is 0 Å². The van der Waals surface area contributed by atoms with E-state index in [1.807, 2.05) is 12.1 Å². The molecule has 0 aliphatic heterocycles. The molecule has 0 bridgehead atoms. The number of hydrogen-bond donors (Lipinski definition) is 0. The number of nitrogens with zero attached hydrogens (tertiary/aromatic N) is 2. The fraction of sp³-hybridized carbons (Fsp3) is 0. The summed E-state index contributed by atoms with van der Waals surface area (Å²) in [4.78, 5) is 8.18. The van der Waals surface area contributed by atoms with Gasteiger partial charge in [0.15, 0.2) is 0 Å². The van der Waals surface area contributed by atoms with E-state index in [1.54, 1.807) is 18.6 Å². The molecule has 80 valence electrons. The van der Waals surface area contributed by atoms with Crippen LogP contribution in [0.5, 0.6) is 0 Å². The van der Waals surface area contributed by atoms with E-state index in [0.29, 0.717) is 0 Å². The maximum absolute atomic E-state index is 4.17. The van der Waals surface area contributed by atoms with Crippen LogP contribution in [-0.2, 0) is 0 Å². The van der Waals surface area contributed by atoms with Crippen LogP contribution in [0.4, 0.5) is 0 Å². The lowest BCUT2D eigenvalue weighted by atomic mass is 10.3. The molecule has 0 saturated carbocycles. The number of fused-ring (bicyclic) bond motifs is 1. The summed E-state index contributed by atoms with van der Waals surface area (Å²) in [6, 6.07) is 3.80. The molecule has 0 aliphatic carbocycles. The normalized spacial score (nSPS) is 9.93. The van der Waals surface area contributed by atoms with Crippen LogP contribution in [0.25, 0.3) is 10.9 Å². The van der Waals surface area contributed by atoms with Gasteiger partial charge in [0.1, 0.15) is 4.03 Å². The predicted octanol–water partition coefficient (Wildman–Crippen LogP) is 5.79. The van der Waals surface area contributed by atoms with Gasteiger partial charge in [-0.25, -0.2) is 0 Å². The molecular formula is C8H5Br4N2P. The van der Waals surface area contributed by atoms with E-state index < -0.39 is 0 Å². The SMILES string of the molecule is BrP(Br)Br.Brc1ccnc2ccncc12. The van der Waals surface area contributed by atoms with E-state index in [2.05, 4.69) is 72.4 Å². The molecule has 0 radical (unpaired) electrons. The molecule has 2 heterocycles. The van der Waals surface area contributed by atoms with Crippen molar-refractivity contribution in [1.82, 2.24) is 9.97 Å². The zero-order chi connectivity index (χ0) is 11.3. The Labute approximate surface area is 121 Å². The third kappa shape index (κ3) is 5.18. The van der Waals surface area contributed by atoms with E-state index in [4.69, 9.17) is 0 Å². The molecule has 2 aromatic heterocycles. The molecular weight excluding hydrogens is 475 g/mol. The van der Waals surface area contributed by atoms with Crippen molar-refractivity contribution in [2.24, 2.45) is 0 Å². The first kappa shape index (κ1) is 14.0. The van der Waals surface area contributed by atoms with Gasteiger partial charge in [-0.3, -0.25) is 9.97 Å². The molecule has 2 aromatic rings. The molecule has 0 saturated heterocycles. The van der Waals surface area contributed by atoms with Gasteiger partial charge >= 0.3 is 0 Å². The molecule has 0 atom stereocenters. The Morgan fingerprint density at radius 3 is 2.33 bits per heavy atom.